The zero-order valence-electron chi connectivity index (χ0n) is 14.6. The van der Waals surface area contributed by atoms with Gasteiger partial charge in [0, 0.05) is 11.8 Å². The first-order chi connectivity index (χ1) is 12.4. The van der Waals surface area contributed by atoms with Crippen molar-refractivity contribution in [1.82, 2.24) is 5.32 Å². The van der Waals surface area contributed by atoms with Gasteiger partial charge in [0.1, 0.15) is 5.75 Å². The van der Waals surface area contributed by atoms with Crippen LogP contribution < -0.4 is 10.1 Å². The number of carbonyl (C=O) groups excluding carboxylic acids is 1. The van der Waals surface area contributed by atoms with Gasteiger partial charge in [0.05, 0.1) is 11.8 Å². The molecule has 9 heteroatoms. The number of amides is 1. The Morgan fingerprint density at radius 2 is 1.63 bits per heavy atom. The van der Waals surface area contributed by atoms with E-state index < -0.39 is 22.2 Å². The lowest BCUT2D eigenvalue weighted by Gasteiger charge is -2.15. The molecule has 2 rings (SSSR count). The Bertz CT molecular complexity index is 892. The SMILES string of the molecule is C[C@@H](NC(=O)c1ccc(CS(C)(=O)=O)cc1)c1ccc(OC(F)(F)F)cc1. The van der Waals surface area contributed by atoms with E-state index in [2.05, 4.69) is 10.1 Å². The van der Waals surface area contributed by atoms with Crippen LogP contribution in [0.15, 0.2) is 48.5 Å². The van der Waals surface area contributed by atoms with Crippen molar-refractivity contribution in [1.29, 1.82) is 0 Å². The number of hydrogen-bond acceptors (Lipinski definition) is 4. The van der Waals surface area contributed by atoms with Crippen LogP contribution in [0, 0.1) is 0 Å². The molecule has 0 saturated heterocycles. The van der Waals surface area contributed by atoms with E-state index in [1.54, 1.807) is 19.1 Å². The Labute approximate surface area is 155 Å². The van der Waals surface area contributed by atoms with Gasteiger partial charge in [-0.25, -0.2) is 8.42 Å². The summed E-state index contributed by atoms with van der Waals surface area (Å²) < 4.78 is 62.8. The van der Waals surface area contributed by atoms with Crippen LogP contribution in [0.3, 0.4) is 0 Å². The van der Waals surface area contributed by atoms with E-state index in [-0.39, 0.29) is 17.4 Å². The van der Waals surface area contributed by atoms with Crippen molar-refractivity contribution in [3.05, 3.63) is 65.2 Å². The molecule has 0 spiro atoms. The summed E-state index contributed by atoms with van der Waals surface area (Å²) in [6.45, 7) is 1.69. The maximum Gasteiger partial charge on any atom is 0.573 e. The largest absolute Gasteiger partial charge is 0.573 e. The van der Waals surface area contributed by atoms with Gasteiger partial charge in [0.2, 0.25) is 0 Å². The highest BCUT2D eigenvalue weighted by atomic mass is 32.2. The molecular weight excluding hydrogens is 383 g/mol. The number of carbonyl (C=O) groups is 1. The molecule has 0 aliphatic heterocycles. The van der Waals surface area contributed by atoms with Gasteiger partial charge in [-0.15, -0.1) is 13.2 Å². The summed E-state index contributed by atoms with van der Waals surface area (Å²) in [5.74, 6) is -0.840. The van der Waals surface area contributed by atoms with Crippen LogP contribution in [0.4, 0.5) is 13.2 Å². The third-order valence-corrected chi connectivity index (χ3v) is 4.46. The molecule has 0 aliphatic rings. The van der Waals surface area contributed by atoms with Crippen LogP contribution >= 0.6 is 0 Å². The highest BCUT2D eigenvalue weighted by Gasteiger charge is 2.31. The minimum Gasteiger partial charge on any atom is -0.406 e. The van der Waals surface area contributed by atoms with E-state index in [0.717, 1.165) is 6.26 Å². The number of nitrogens with one attached hydrogen (secondary N) is 1. The van der Waals surface area contributed by atoms with Gasteiger partial charge in [-0.2, -0.15) is 0 Å². The number of halogens is 3. The van der Waals surface area contributed by atoms with Crippen LogP contribution in [-0.2, 0) is 15.6 Å². The van der Waals surface area contributed by atoms with Crippen molar-refractivity contribution in [3.63, 3.8) is 0 Å². The Morgan fingerprint density at radius 1 is 1.07 bits per heavy atom. The molecule has 5 nitrogen and oxygen atoms in total. The van der Waals surface area contributed by atoms with E-state index in [9.17, 15) is 26.4 Å². The second-order valence-corrected chi connectivity index (χ2v) is 8.22. The Morgan fingerprint density at radius 3 is 2.11 bits per heavy atom. The van der Waals surface area contributed by atoms with Crippen LogP contribution in [0.1, 0.15) is 34.5 Å². The summed E-state index contributed by atoms with van der Waals surface area (Å²) >= 11 is 0. The van der Waals surface area contributed by atoms with Crippen molar-refractivity contribution < 1.29 is 31.1 Å². The highest BCUT2D eigenvalue weighted by molar-refractivity contribution is 7.89. The lowest BCUT2D eigenvalue weighted by atomic mass is 10.1. The first kappa shape index (κ1) is 20.8. The Hall–Kier alpha value is -2.55. The summed E-state index contributed by atoms with van der Waals surface area (Å²) in [6.07, 6.45) is -3.63. The Balaban J connectivity index is 2.00. The average Bonchev–Trinajstić information content (AvgIpc) is 2.53. The van der Waals surface area contributed by atoms with Gasteiger partial charge in [0.15, 0.2) is 9.84 Å². The Kier molecular flexibility index (Phi) is 6.15. The van der Waals surface area contributed by atoms with Crippen LogP contribution in [0.5, 0.6) is 5.75 Å². The second kappa shape index (κ2) is 7.99. The minimum absolute atomic E-state index is 0.113. The van der Waals surface area contributed by atoms with Crippen molar-refractivity contribution in [2.75, 3.05) is 6.26 Å². The number of alkyl halides is 3. The summed E-state index contributed by atoms with van der Waals surface area (Å²) in [6, 6.07) is 10.9. The molecule has 0 saturated carbocycles. The van der Waals surface area contributed by atoms with Gasteiger partial charge in [-0.05, 0) is 42.3 Å². The highest BCUT2D eigenvalue weighted by Crippen LogP contribution is 2.24. The van der Waals surface area contributed by atoms with Crippen LogP contribution in [0.2, 0.25) is 0 Å². The zero-order valence-corrected chi connectivity index (χ0v) is 15.4. The van der Waals surface area contributed by atoms with Gasteiger partial charge in [0.25, 0.3) is 5.91 Å². The van der Waals surface area contributed by atoms with Crippen LogP contribution in [-0.4, -0.2) is 26.9 Å². The fourth-order valence-electron chi connectivity index (χ4n) is 2.38. The quantitative estimate of drug-likeness (QED) is 0.803. The summed E-state index contributed by atoms with van der Waals surface area (Å²) in [5.41, 5.74) is 1.52. The minimum atomic E-state index is -4.76. The van der Waals surface area contributed by atoms with E-state index in [1.807, 2.05) is 0 Å². The summed E-state index contributed by atoms with van der Waals surface area (Å²) in [7, 11) is -3.16. The van der Waals surface area contributed by atoms with Gasteiger partial charge < -0.3 is 10.1 Å². The van der Waals surface area contributed by atoms with E-state index >= 15 is 0 Å². The first-order valence-electron chi connectivity index (χ1n) is 7.86. The number of rotatable bonds is 6. The predicted octanol–water partition coefficient (Wildman–Crippen LogP) is 3.62. The van der Waals surface area contributed by atoms with E-state index in [4.69, 9.17) is 0 Å². The molecule has 1 N–H and O–H groups in total. The fraction of sp³-hybridized carbons (Fsp3) is 0.278. The molecule has 0 bridgehead atoms. The van der Waals surface area contributed by atoms with E-state index in [0.29, 0.717) is 16.7 Å². The van der Waals surface area contributed by atoms with Crippen molar-refractivity contribution in [3.8, 4) is 5.75 Å². The number of benzene rings is 2. The third-order valence-electron chi connectivity index (χ3n) is 3.61. The number of sulfone groups is 1. The monoisotopic (exact) mass is 401 g/mol. The summed E-state index contributed by atoms with van der Waals surface area (Å²) in [5, 5.41) is 2.73. The maximum atomic E-state index is 12.3. The van der Waals surface area contributed by atoms with Crippen molar-refractivity contribution >= 4 is 15.7 Å². The topological polar surface area (TPSA) is 72.5 Å². The van der Waals surface area contributed by atoms with Gasteiger partial charge in [-0.1, -0.05) is 24.3 Å². The molecule has 2 aromatic rings. The van der Waals surface area contributed by atoms with Crippen molar-refractivity contribution in [2.24, 2.45) is 0 Å². The predicted molar refractivity (Wildman–Crippen MR) is 94.0 cm³/mol. The van der Waals surface area contributed by atoms with E-state index in [1.165, 1.54) is 36.4 Å². The number of ether oxygens (including phenoxy) is 1. The van der Waals surface area contributed by atoms with Gasteiger partial charge >= 0.3 is 6.36 Å². The fourth-order valence-corrected chi connectivity index (χ4v) is 3.17. The molecule has 1 amide bonds. The second-order valence-electron chi connectivity index (χ2n) is 6.08. The summed E-state index contributed by atoms with van der Waals surface area (Å²) in [4.78, 5) is 12.3. The molecule has 0 heterocycles. The van der Waals surface area contributed by atoms with Gasteiger partial charge in [-0.3, -0.25) is 4.79 Å². The molecule has 0 fully saturated rings. The molecule has 27 heavy (non-hydrogen) atoms. The first-order valence-corrected chi connectivity index (χ1v) is 9.92. The molecule has 146 valence electrons. The smallest absolute Gasteiger partial charge is 0.406 e. The molecule has 0 aliphatic carbocycles. The molecule has 0 radical (unpaired) electrons. The molecule has 0 unspecified atom stereocenters. The molecule has 1 atom stereocenters. The third kappa shape index (κ3) is 6.93. The average molecular weight is 401 g/mol. The molecule has 0 aromatic heterocycles. The van der Waals surface area contributed by atoms with Crippen LogP contribution in [0.25, 0.3) is 0 Å². The normalized spacial score (nSPS) is 13.1. The lowest BCUT2D eigenvalue weighted by molar-refractivity contribution is -0.274. The zero-order chi connectivity index (χ0) is 20.2. The lowest BCUT2D eigenvalue weighted by Crippen LogP contribution is -2.26. The maximum absolute atomic E-state index is 12.3. The standard InChI is InChI=1S/C18H18F3NO4S/c1-12(14-7-9-16(10-8-14)26-18(19,20)21)22-17(23)15-5-3-13(4-6-15)11-27(2,24)25/h3-10,12H,11H2,1-2H3,(H,22,23)/t12-/m1/s1. The molecule has 2 aromatic carbocycles. The number of hydrogen-bond donors (Lipinski definition) is 1. The molecular formula is C18H18F3NO4S. The van der Waals surface area contributed by atoms with Crippen molar-refractivity contribution in [2.45, 2.75) is 25.1 Å².